The topological polar surface area (TPSA) is 38.7 Å². The average molecular weight is 641 g/mol. The van der Waals surface area contributed by atoms with Gasteiger partial charge in [-0.25, -0.2) is 15.0 Å². The highest BCUT2D eigenvalue weighted by molar-refractivity contribution is 4.90. The van der Waals surface area contributed by atoms with Crippen LogP contribution in [0.15, 0.2) is 0 Å². The van der Waals surface area contributed by atoms with Crippen LogP contribution < -0.4 is 0 Å². The van der Waals surface area contributed by atoms with E-state index in [9.17, 15) is 0 Å². The third kappa shape index (κ3) is 31.6. The molecule has 1 aromatic rings. The molecule has 3 nitrogen and oxygen atoms in total. The molecule has 1 aromatic heterocycles. The molecule has 0 unspecified atom stereocenters. The second kappa shape index (κ2) is 36.8. The van der Waals surface area contributed by atoms with Crippen LogP contribution in [0.4, 0.5) is 0 Å². The minimum Gasteiger partial charge on any atom is -0.218 e. The predicted molar refractivity (Wildman–Crippen MR) is 204 cm³/mol. The largest absolute Gasteiger partial charge is 0.218 e. The van der Waals surface area contributed by atoms with E-state index in [0.29, 0.717) is 0 Å². The fraction of sp³-hybridized carbons (Fsp3) is 0.930. The molecule has 1 radical (unpaired) electrons. The van der Waals surface area contributed by atoms with Gasteiger partial charge >= 0.3 is 0 Å². The summed E-state index contributed by atoms with van der Waals surface area (Å²) in [6.07, 6.45) is 55.9. The van der Waals surface area contributed by atoms with Crippen LogP contribution in [0.2, 0.25) is 0 Å². The number of nitrogens with zero attached hydrogens (tertiary/aromatic N) is 3. The van der Waals surface area contributed by atoms with E-state index in [1.165, 1.54) is 231 Å². The zero-order valence-electron chi connectivity index (χ0n) is 31.7. The Bertz CT molecular complexity index is 650. The molecule has 3 heteroatoms. The summed E-state index contributed by atoms with van der Waals surface area (Å²) in [5.41, 5.74) is 0. The van der Waals surface area contributed by atoms with Crippen LogP contribution in [0.25, 0.3) is 0 Å². The van der Waals surface area contributed by atoms with E-state index in [2.05, 4.69) is 30.1 Å². The second-order valence-electron chi connectivity index (χ2n) is 14.8. The van der Waals surface area contributed by atoms with E-state index in [4.69, 9.17) is 4.98 Å². The number of hydrogen-bond acceptors (Lipinski definition) is 3. The Morgan fingerprint density at radius 1 is 0.283 bits per heavy atom. The lowest BCUT2D eigenvalue weighted by molar-refractivity contribution is 0.523. The number of aryl methyl sites for hydroxylation is 2. The quantitative estimate of drug-likeness (QED) is 0.0675. The standard InChI is InChI=1S/C43H82N3/c1-3-5-7-9-11-13-15-17-19-21-23-25-27-29-31-33-35-37-39-42-44-41-45-43(46-42)40-38-36-34-32-30-28-26-24-22-20-18-16-14-12-10-8-6-4-2/h3-40H2,1-2H3. The van der Waals surface area contributed by atoms with Crippen molar-refractivity contribution in [1.29, 1.82) is 0 Å². The Morgan fingerprint density at radius 3 is 0.696 bits per heavy atom. The van der Waals surface area contributed by atoms with Crippen molar-refractivity contribution in [3.8, 4) is 0 Å². The van der Waals surface area contributed by atoms with E-state index in [0.717, 1.165) is 24.5 Å². The van der Waals surface area contributed by atoms with E-state index in [1.54, 1.807) is 0 Å². The van der Waals surface area contributed by atoms with Gasteiger partial charge in [-0.15, -0.1) is 0 Å². The van der Waals surface area contributed by atoms with Crippen molar-refractivity contribution in [3.05, 3.63) is 18.0 Å². The Labute approximate surface area is 290 Å². The lowest BCUT2D eigenvalue weighted by Crippen LogP contribution is -2.03. The van der Waals surface area contributed by atoms with Gasteiger partial charge < -0.3 is 0 Å². The molecule has 0 saturated heterocycles. The van der Waals surface area contributed by atoms with Gasteiger partial charge in [0.05, 0.1) is 0 Å². The summed E-state index contributed by atoms with van der Waals surface area (Å²) < 4.78 is 0. The molecule has 0 aliphatic carbocycles. The summed E-state index contributed by atoms with van der Waals surface area (Å²) >= 11 is 0. The van der Waals surface area contributed by atoms with Gasteiger partial charge in [0.25, 0.3) is 0 Å². The molecule has 269 valence electrons. The van der Waals surface area contributed by atoms with Crippen molar-refractivity contribution >= 4 is 0 Å². The summed E-state index contributed by atoms with van der Waals surface area (Å²) in [6.45, 7) is 4.60. The van der Waals surface area contributed by atoms with Crippen molar-refractivity contribution in [1.82, 2.24) is 15.0 Å². The predicted octanol–water partition coefficient (Wildman–Crippen LogP) is 14.8. The molecule has 1 heterocycles. The van der Waals surface area contributed by atoms with E-state index < -0.39 is 0 Å². The number of aromatic nitrogens is 3. The highest BCUT2D eigenvalue weighted by Gasteiger charge is 2.03. The van der Waals surface area contributed by atoms with E-state index in [-0.39, 0.29) is 0 Å². The zero-order valence-corrected chi connectivity index (χ0v) is 31.7. The first-order valence-electron chi connectivity index (χ1n) is 21.5. The maximum atomic E-state index is 4.75. The maximum absolute atomic E-state index is 4.75. The Kier molecular flexibility index (Phi) is 34.5. The van der Waals surface area contributed by atoms with Gasteiger partial charge in [-0.1, -0.05) is 232 Å². The highest BCUT2D eigenvalue weighted by Crippen LogP contribution is 2.16. The molecule has 0 amide bonds. The molecule has 0 aliphatic heterocycles. The molecule has 0 aromatic carbocycles. The molecule has 0 spiro atoms. The summed E-state index contributed by atoms with van der Waals surface area (Å²) in [5.74, 6) is 1.92. The molecular formula is C43H82N3. The van der Waals surface area contributed by atoms with Crippen molar-refractivity contribution in [3.63, 3.8) is 0 Å². The monoisotopic (exact) mass is 641 g/mol. The van der Waals surface area contributed by atoms with Gasteiger partial charge in [0.15, 0.2) is 0 Å². The first-order chi connectivity index (χ1) is 22.9. The fourth-order valence-electron chi connectivity index (χ4n) is 6.93. The second-order valence-corrected chi connectivity index (χ2v) is 14.8. The van der Waals surface area contributed by atoms with Crippen molar-refractivity contribution in [2.75, 3.05) is 0 Å². The summed E-state index contributed by atoms with van der Waals surface area (Å²) in [6, 6.07) is 0. The lowest BCUT2D eigenvalue weighted by Gasteiger charge is -2.05. The number of hydrogen-bond donors (Lipinski definition) is 0. The first-order valence-corrected chi connectivity index (χ1v) is 21.5. The molecule has 0 bridgehead atoms. The van der Waals surface area contributed by atoms with E-state index >= 15 is 0 Å². The van der Waals surface area contributed by atoms with Crippen LogP contribution in [0.3, 0.4) is 0 Å². The highest BCUT2D eigenvalue weighted by atomic mass is 15.0. The molecule has 1 rings (SSSR count). The maximum Gasteiger partial charge on any atom is 0.201 e. The van der Waals surface area contributed by atoms with Gasteiger partial charge in [0.2, 0.25) is 6.33 Å². The van der Waals surface area contributed by atoms with Crippen LogP contribution in [-0.2, 0) is 12.8 Å². The fourth-order valence-corrected chi connectivity index (χ4v) is 6.93. The summed E-state index contributed by atoms with van der Waals surface area (Å²) in [4.78, 5) is 13.4. The molecule has 0 atom stereocenters. The van der Waals surface area contributed by atoms with Crippen LogP contribution in [0, 0.1) is 6.33 Å². The lowest BCUT2D eigenvalue weighted by atomic mass is 10.0. The van der Waals surface area contributed by atoms with Crippen molar-refractivity contribution in [2.45, 2.75) is 258 Å². The van der Waals surface area contributed by atoms with Crippen LogP contribution >= 0.6 is 0 Å². The van der Waals surface area contributed by atoms with Crippen LogP contribution in [0.5, 0.6) is 0 Å². The van der Waals surface area contributed by atoms with Crippen molar-refractivity contribution < 1.29 is 0 Å². The van der Waals surface area contributed by atoms with Gasteiger partial charge in [-0.2, -0.15) is 0 Å². The van der Waals surface area contributed by atoms with Crippen LogP contribution in [-0.4, -0.2) is 15.0 Å². The normalized spacial score (nSPS) is 11.5. The SMILES string of the molecule is CCCCCCCCCCCCCCCCCCCCc1n[c]nc(CCCCCCCCCCCCCCCCCCCC)n1. The zero-order chi connectivity index (χ0) is 32.9. The van der Waals surface area contributed by atoms with Crippen molar-refractivity contribution in [2.24, 2.45) is 0 Å². The average Bonchev–Trinajstić information content (AvgIpc) is 3.07. The van der Waals surface area contributed by atoms with E-state index in [1.807, 2.05) is 0 Å². The molecule has 0 fully saturated rings. The third-order valence-corrected chi connectivity index (χ3v) is 10.1. The van der Waals surface area contributed by atoms with Gasteiger partial charge in [0.1, 0.15) is 11.6 Å². The number of rotatable bonds is 38. The first kappa shape index (κ1) is 43.0. The summed E-state index contributed by atoms with van der Waals surface area (Å²) in [7, 11) is 0. The molecule has 0 N–H and O–H groups in total. The Hall–Kier alpha value is -0.990. The Balaban J connectivity index is 1.82. The molecule has 0 saturated carbocycles. The molecule has 0 aliphatic rings. The number of unbranched alkanes of at least 4 members (excludes halogenated alkanes) is 34. The minimum absolute atomic E-state index is 0.962. The molecular weight excluding hydrogens is 558 g/mol. The smallest absolute Gasteiger partial charge is 0.201 e. The Morgan fingerprint density at radius 2 is 0.478 bits per heavy atom. The minimum atomic E-state index is 0.962. The van der Waals surface area contributed by atoms with Gasteiger partial charge in [0, 0.05) is 12.8 Å². The molecule has 46 heavy (non-hydrogen) atoms. The van der Waals surface area contributed by atoms with Gasteiger partial charge in [-0.05, 0) is 12.8 Å². The summed E-state index contributed by atoms with van der Waals surface area (Å²) in [5, 5.41) is 0. The van der Waals surface area contributed by atoms with Gasteiger partial charge in [-0.3, -0.25) is 0 Å². The van der Waals surface area contributed by atoms with Crippen LogP contribution in [0.1, 0.15) is 257 Å². The third-order valence-electron chi connectivity index (χ3n) is 10.1.